The summed E-state index contributed by atoms with van der Waals surface area (Å²) in [5, 5.41) is 1.97. The minimum absolute atomic E-state index is 0.0229. The largest absolute Gasteiger partial charge is 0.465 e. The van der Waals surface area contributed by atoms with Gasteiger partial charge in [0.2, 0.25) is 10.0 Å². The molecular formula is C19H21NO6S2. The van der Waals surface area contributed by atoms with Crippen LogP contribution in [0.5, 0.6) is 0 Å². The number of fused-ring (bicyclic) bond motifs is 1. The maximum Gasteiger partial charge on any atom is 0.337 e. The summed E-state index contributed by atoms with van der Waals surface area (Å²) in [6, 6.07) is 5.41. The zero-order valence-corrected chi connectivity index (χ0v) is 17.4. The Labute approximate surface area is 167 Å². The number of carbonyl (C=O) groups is 2. The number of hydrogen-bond donors (Lipinski definition) is 0. The summed E-state index contributed by atoms with van der Waals surface area (Å²) in [6.07, 6.45) is 1.24. The third kappa shape index (κ3) is 3.57. The normalized spacial score (nSPS) is 17.0. The fourth-order valence-electron chi connectivity index (χ4n) is 3.44. The second-order valence-corrected chi connectivity index (χ2v) is 9.21. The molecule has 0 saturated carbocycles. The van der Waals surface area contributed by atoms with Crippen LogP contribution in [0.25, 0.3) is 0 Å². The molecule has 0 radical (unpaired) electrons. The molecule has 2 aromatic rings. The van der Waals surface area contributed by atoms with Crippen LogP contribution in [0.4, 0.5) is 0 Å². The highest BCUT2D eigenvalue weighted by Gasteiger charge is 2.36. The van der Waals surface area contributed by atoms with Crippen LogP contribution in [0.1, 0.15) is 50.5 Å². The fourth-order valence-corrected chi connectivity index (χ4v) is 6.12. The van der Waals surface area contributed by atoms with E-state index in [9.17, 15) is 18.0 Å². The van der Waals surface area contributed by atoms with Gasteiger partial charge >= 0.3 is 11.9 Å². The second-order valence-electron chi connectivity index (χ2n) is 6.32. The molecule has 1 aromatic carbocycles. The Bertz CT molecular complexity index is 977. The van der Waals surface area contributed by atoms with Gasteiger partial charge in [0.15, 0.2) is 0 Å². The summed E-state index contributed by atoms with van der Waals surface area (Å²) >= 11 is 1.63. The number of nitrogens with zero attached hydrogens (tertiary/aromatic N) is 1. The van der Waals surface area contributed by atoms with Gasteiger partial charge in [-0.05, 0) is 48.1 Å². The highest BCUT2D eigenvalue weighted by atomic mass is 32.2. The third-order valence-corrected chi connectivity index (χ3v) is 7.67. The van der Waals surface area contributed by atoms with Crippen LogP contribution in [-0.2, 0) is 25.9 Å². The maximum atomic E-state index is 13.4. The molecule has 150 valence electrons. The van der Waals surface area contributed by atoms with Crippen molar-refractivity contribution < 1.29 is 27.5 Å². The minimum Gasteiger partial charge on any atom is -0.465 e. The van der Waals surface area contributed by atoms with Gasteiger partial charge in [0.1, 0.15) is 0 Å². The van der Waals surface area contributed by atoms with E-state index in [0.29, 0.717) is 19.4 Å². The first-order valence-corrected chi connectivity index (χ1v) is 11.0. The van der Waals surface area contributed by atoms with Crippen molar-refractivity contribution in [2.24, 2.45) is 0 Å². The smallest absolute Gasteiger partial charge is 0.337 e. The summed E-state index contributed by atoms with van der Waals surface area (Å²) in [6.45, 7) is 2.27. The predicted molar refractivity (Wildman–Crippen MR) is 104 cm³/mol. The number of thiophene rings is 1. The van der Waals surface area contributed by atoms with Gasteiger partial charge in [0.05, 0.1) is 36.3 Å². The Kier molecular flexibility index (Phi) is 5.87. The molecule has 0 bridgehead atoms. The summed E-state index contributed by atoms with van der Waals surface area (Å²) in [4.78, 5) is 25.1. The lowest BCUT2D eigenvalue weighted by Gasteiger charge is -2.34. The van der Waals surface area contributed by atoms with E-state index >= 15 is 0 Å². The van der Waals surface area contributed by atoms with Crippen molar-refractivity contribution in [2.75, 3.05) is 20.8 Å². The Morgan fingerprint density at radius 2 is 1.75 bits per heavy atom. The van der Waals surface area contributed by atoms with Gasteiger partial charge in [-0.15, -0.1) is 11.3 Å². The molecule has 0 aliphatic carbocycles. The van der Waals surface area contributed by atoms with Gasteiger partial charge in [-0.2, -0.15) is 4.31 Å². The van der Waals surface area contributed by atoms with E-state index in [2.05, 4.69) is 0 Å². The van der Waals surface area contributed by atoms with Crippen LogP contribution in [0.15, 0.2) is 34.5 Å². The van der Waals surface area contributed by atoms with Crippen LogP contribution in [0.3, 0.4) is 0 Å². The van der Waals surface area contributed by atoms with Gasteiger partial charge < -0.3 is 9.47 Å². The Morgan fingerprint density at radius 3 is 2.29 bits per heavy atom. The lowest BCUT2D eigenvalue weighted by Crippen LogP contribution is -2.39. The Hall–Kier alpha value is -2.23. The molecule has 7 nitrogen and oxygen atoms in total. The van der Waals surface area contributed by atoms with Crippen molar-refractivity contribution in [3.63, 3.8) is 0 Å². The zero-order chi connectivity index (χ0) is 20.5. The SMILES string of the molecule is CC[C@H]1c2ccsc2CCN1S(=O)(=O)c1cc(C(=O)OC)cc(C(=O)OC)c1. The molecule has 3 rings (SSSR count). The Balaban J connectivity index is 2.10. The quantitative estimate of drug-likeness (QED) is 0.687. The van der Waals surface area contributed by atoms with Gasteiger partial charge in [-0.1, -0.05) is 6.92 Å². The van der Waals surface area contributed by atoms with E-state index in [0.717, 1.165) is 5.56 Å². The van der Waals surface area contributed by atoms with Gasteiger partial charge in [-0.25, -0.2) is 18.0 Å². The average molecular weight is 424 g/mol. The molecule has 0 unspecified atom stereocenters. The highest BCUT2D eigenvalue weighted by molar-refractivity contribution is 7.89. The molecule has 1 aliphatic heterocycles. The monoisotopic (exact) mass is 423 g/mol. The van der Waals surface area contributed by atoms with Gasteiger partial charge in [0, 0.05) is 11.4 Å². The van der Waals surface area contributed by atoms with Crippen molar-refractivity contribution in [3.8, 4) is 0 Å². The molecule has 1 aliphatic rings. The zero-order valence-electron chi connectivity index (χ0n) is 15.8. The lowest BCUT2D eigenvalue weighted by molar-refractivity contribution is 0.0598. The van der Waals surface area contributed by atoms with Crippen molar-refractivity contribution in [1.29, 1.82) is 0 Å². The topological polar surface area (TPSA) is 90.0 Å². The Morgan fingerprint density at radius 1 is 1.14 bits per heavy atom. The first-order valence-electron chi connectivity index (χ1n) is 8.73. The van der Waals surface area contributed by atoms with Gasteiger partial charge in [0.25, 0.3) is 0 Å². The summed E-state index contributed by atoms with van der Waals surface area (Å²) in [5.41, 5.74) is 0.968. The van der Waals surface area contributed by atoms with Crippen molar-refractivity contribution in [3.05, 3.63) is 51.2 Å². The lowest BCUT2D eigenvalue weighted by atomic mass is 10.0. The van der Waals surface area contributed by atoms with Crippen LogP contribution in [0.2, 0.25) is 0 Å². The standard InChI is InChI=1S/C19H21NO6S2/c1-4-16-15-6-8-27-17(15)5-7-20(16)28(23,24)14-10-12(18(21)25-2)9-13(11-14)19(22)26-3/h6,8-11,16H,4-5,7H2,1-3H3/t16-/m0/s1. The first kappa shape index (κ1) is 20.5. The van der Waals surface area contributed by atoms with E-state index in [4.69, 9.17) is 9.47 Å². The number of ether oxygens (including phenoxy) is 2. The van der Waals surface area contributed by atoms with Crippen LogP contribution < -0.4 is 0 Å². The number of rotatable bonds is 5. The van der Waals surface area contributed by atoms with E-state index in [-0.39, 0.29) is 22.1 Å². The number of methoxy groups -OCH3 is 2. The van der Waals surface area contributed by atoms with Crippen LogP contribution in [0, 0.1) is 0 Å². The van der Waals surface area contributed by atoms with Crippen molar-refractivity contribution in [1.82, 2.24) is 4.31 Å². The highest BCUT2D eigenvalue weighted by Crippen LogP contribution is 2.38. The second kappa shape index (κ2) is 8.02. The maximum absolute atomic E-state index is 13.4. The van der Waals surface area contributed by atoms with E-state index in [1.165, 1.54) is 41.6 Å². The molecule has 2 heterocycles. The molecule has 28 heavy (non-hydrogen) atoms. The molecule has 0 fully saturated rings. The number of benzene rings is 1. The van der Waals surface area contributed by atoms with Crippen molar-refractivity contribution in [2.45, 2.75) is 30.7 Å². The summed E-state index contributed by atoms with van der Waals surface area (Å²) in [5.74, 6) is -1.46. The van der Waals surface area contributed by atoms with Gasteiger partial charge in [-0.3, -0.25) is 0 Å². The number of sulfonamides is 1. The number of hydrogen-bond acceptors (Lipinski definition) is 7. The molecule has 0 spiro atoms. The number of carbonyl (C=O) groups excluding carboxylic acids is 2. The minimum atomic E-state index is -3.95. The molecule has 1 atom stereocenters. The molecule has 1 aromatic heterocycles. The summed E-state index contributed by atoms with van der Waals surface area (Å²) in [7, 11) is -1.57. The van der Waals surface area contributed by atoms with Crippen molar-refractivity contribution >= 4 is 33.3 Å². The van der Waals surface area contributed by atoms with E-state index in [1.807, 2.05) is 18.4 Å². The van der Waals surface area contributed by atoms with Crippen LogP contribution >= 0.6 is 11.3 Å². The van der Waals surface area contributed by atoms with E-state index in [1.54, 1.807) is 11.3 Å². The molecule has 9 heteroatoms. The molecular weight excluding hydrogens is 402 g/mol. The third-order valence-electron chi connectivity index (χ3n) is 4.79. The van der Waals surface area contributed by atoms with E-state index < -0.39 is 22.0 Å². The summed E-state index contributed by atoms with van der Waals surface area (Å²) < 4.78 is 37.7. The first-order chi connectivity index (χ1) is 13.3. The predicted octanol–water partition coefficient (Wildman–Crippen LogP) is 3.02. The number of esters is 2. The average Bonchev–Trinajstić information content (AvgIpc) is 3.20. The molecule has 0 amide bonds. The molecule has 0 saturated heterocycles. The molecule has 0 N–H and O–H groups in total. The van der Waals surface area contributed by atoms with Crippen LogP contribution in [-0.4, -0.2) is 45.4 Å². The fraction of sp³-hybridized carbons (Fsp3) is 0.368.